The van der Waals surface area contributed by atoms with Gasteiger partial charge >= 0.3 is 0 Å². The summed E-state index contributed by atoms with van der Waals surface area (Å²) < 4.78 is 0. The molecular formula is C17H26N2OS. The van der Waals surface area contributed by atoms with Crippen LogP contribution in [0, 0.1) is 0 Å². The van der Waals surface area contributed by atoms with Gasteiger partial charge in [-0.1, -0.05) is 19.1 Å². The Hall–Kier alpha value is -1.00. The van der Waals surface area contributed by atoms with E-state index in [2.05, 4.69) is 43.4 Å². The Labute approximate surface area is 132 Å². The van der Waals surface area contributed by atoms with Crippen LogP contribution in [0.4, 0.5) is 0 Å². The van der Waals surface area contributed by atoms with Crippen LogP contribution >= 0.6 is 11.8 Å². The fourth-order valence-corrected chi connectivity index (χ4v) is 3.42. The van der Waals surface area contributed by atoms with Gasteiger partial charge in [0.15, 0.2) is 0 Å². The van der Waals surface area contributed by atoms with Gasteiger partial charge in [-0.05, 0) is 50.4 Å². The number of rotatable bonds is 7. The van der Waals surface area contributed by atoms with E-state index in [1.807, 2.05) is 4.90 Å². The molecule has 0 spiro atoms. The van der Waals surface area contributed by atoms with Gasteiger partial charge in [0.25, 0.3) is 0 Å². The SMILES string of the molecule is CCCNC(C)c1cccc(SCC(=O)N2CCCC2)c1. The highest BCUT2D eigenvalue weighted by atomic mass is 32.2. The molecule has 1 heterocycles. The molecule has 1 aliphatic rings. The van der Waals surface area contributed by atoms with Gasteiger partial charge in [0.05, 0.1) is 5.75 Å². The predicted molar refractivity (Wildman–Crippen MR) is 89.7 cm³/mol. The predicted octanol–water partition coefficient (Wildman–Crippen LogP) is 3.46. The molecule has 1 amide bonds. The Bertz CT molecular complexity index is 458. The van der Waals surface area contributed by atoms with Crippen LogP contribution in [0.3, 0.4) is 0 Å². The topological polar surface area (TPSA) is 32.3 Å². The van der Waals surface area contributed by atoms with E-state index in [0.29, 0.717) is 11.8 Å². The average molecular weight is 306 g/mol. The van der Waals surface area contributed by atoms with Crippen LogP contribution in [-0.2, 0) is 4.79 Å². The van der Waals surface area contributed by atoms with Gasteiger partial charge in [-0.2, -0.15) is 0 Å². The minimum atomic E-state index is 0.278. The number of hydrogen-bond acceptors (Lipinski definition) is 3. The second kappa shape index (κ2) is 8.44. The highest BCUT2D eigenvalue weighted by molar-refractivity contribution is 8.00. The van der Waals surface area contributed by atoms with E-state index in [1.165, 1.54) is 10.5 Å². The van der Waals surface area contributed by atoms with Gasteiger partial charge < -0.3 is 10.2 Å². The third-order valence-electron chi connectivity index (χ3n) is 3.88. The second-order valence-electron chi connectivity index (χ2n) is 5.62. The molecule has 1 fully saturated rings. The third-order valence-corrected chi connectivity index (χ3v) is 4.86. The molecule has 1 atom stereocenters. The van der Waals surface area contributed by atoms with Crippen LogP contribution in [0.25, 0.3) is 0 Å². The molecule has 2 rings (SSSR count). The van der Waals surface area contributed by atoms with Gasteiger partial charge in [-0.25, -0.2) is 0 Å². The summed E-state index contributed by atoms with van der Waals surface area (Å²) in [4.78, 5) is 15.2. The molecule has 4 heteroatoms. The summed E-state index contributed by atoms with van der Waals surface area (Å²) in [5, 5.41) is 3.50. The number of carbonyl (C=O) groups excluding carboxylic acids is 1. The number of carbonyl (C=O) groups is 1. The summed E-state index contributed by atoms with van der Waals surface area (Å²) in [5.74, 6) is 0.834. The molecule has 0 saturated carbocycles. The van der Waals surface area contributed by atoms with Gasteiger partial charge in [-0.15, -0.1) is 11.8 Å². The van der Waals surface area contributed by atoms with Crippen molar-refractivity contribution < 1.29 is 4.79 Å². The van der Waals surface area contributed by atoms with Gasteiger partial charge in [0, 0.05) is 24.0 Å². The number of thioether (sulfide) groups is 1. The fraction of sp³-hybridized carbons (Fsp3) is 0.588. The zero-order chi connectivity index (χ0) is 15.1. The van der Waals surface area contributed by atoms with E-state index in [1.54, 1.807) is 11.8 Å². The molecule has 0 aromatic heterocycles. The first-order valence-corrected chi connectivity index (χ1v) is 8.93. The second-order valence-corrected chi connectivity index (χ2v) is 6.67. The normalized spacial score (nSPS) is 16.2. The summed E-state index contributed by atoms with van der Waals surface area (Å²) in [5.41, 5.74) is 1.29. The molecule has 1 aromatic carbocycles. The van der Waals surface area contributed by atoms with E-state index < -0.39 is 0 Å². The van der Waals surface area contributed by atoms with Gasteiger partial charge in [0.2, 0.25) is 5.91 Å². The zero-order valence-electron chi connectivity index (χ0n) is 13.1. The number of likely N-dealkylation sites (tertiary alicyclic amines) is 1. The Morgan fingerprint density at radius 3 is 2.86 bits per heavy atom. The van der Waals surface area contributed by atoms with Crippen molar-refractivity contribution in [1.29, 1.82) is 0 Å². The van der Waals surface area contributed by atoms with Crippen LogP contribution in [0.1, 0.15) is 44.7 Å². The van der Waals surface area contributed by atoms with E-state index >= 15 is 0 Å². The van der Waals surface area contributed by atoms with E-state index in [9.17, 15) is 4.79 Å². The molecule has 0 radical (unpaired) electrons. The molecule has 1 aliphatic heterocycles. The smallest absolute Gasteiger partial charge is 0.232 e. The lowest BCUT2D eigenvalue weighted by Crippen LogP contribution is -2.29. The van der Waals surface area contributed by atoms with Gasteiger partial charge in [0.1, 0.15) is 0 Å². The molecule has 1 unspecified atom stereocenters. The molecule has 0 aliphatic carbocycles. The average Bonchev–Trinajstić information content (AvgIpc) is 3.05. The Morgan fingerprint density at radius 2 is 2.14 bits per heavy atom. The number of amides is 1. The molecule has 0 bridgehead atoms. The van der Waals surface area contributed by atoms with E-state index in [0.717, 1.165) is 38.9 Å². The number of nitrogens with one attached hydrogen (secondary N) is 1. The quantitative estimate of drug-likeness (QED) is 0.783. The highest BCUT2D eigenvalue weighted by Gasteiger charge is 2.17. The van der Waals surface area contributed by atoms with Crippen molar-refractivity contribution in [2.45, 2.75) is 44.0 Å². The summed E-state index contributed by atoms with van der Waals surface area (Å²) in [6.07, 6.45) is 3.46. The molecule has 1 saturated heterocycles. The molecule has 1 aromatic rings. The van der Waals surface area contributed by atoms with E-state index in [4.69, 9.17) is 0 Å². The largest absolute Gasteiger partial charge is 0.342 e. The van der Waals surface area contributed by atoms with Gasteiger partial charge in [-0.3, -0.25) is 4.79 Å². The Balaban J connectivity index is 1.86. The first-order chi connectivity index (χ1) is 10.2. The first kappa shape index (κ1) is 16.4. The zero-order valence-corrected chi connectivity index (χ0v) is 13.9. The Kier molecular flexibility index (Phi) is 6.58. The lowest BCUT2D eigenvalue weighted by Gasteiger charge is -2.16. The molecule has 116 valence electrons. The van der Waals surface area contributed by atoms with Crippen molar-refractivity contribution >= 4 is 17.7 Å². The van der Waals surface area contributed by atoms with Crippen LogP contribution in [0.5, 0.6) is 0 Å². The molecule has 21 heavy (non-hydrogen) atoms. The summed E-state index contributed by atoms with van der Waals surface area (Å²) in [6, 6.07) is 8.90. The molecule has 3 nitrogen and oxygen atoms in total. The standard InChI is InChI=1S/C17H26N2OS/c1-3-9-18-14(2)15-7-6-8-16(12-15)21-13-17(20)19-10-4-5-11-19/h6-8,12,14,18H,3-5,9-11,13H2,1-2H3. The first-order valence-electron chi connectivity index (χ1n) is 7.94. The van der Waals surface area contributed by atoms with Crippen LogP contribution in [0.2, 0.25) is 0 Å². The number of nitrogens with zero attached hydrogens (tertiary/aromatic N) is 1. The maximum absolute atomic E-state index is 12.1. The number of hydrogen-bond donors (Lipinski definition) is 1. The maximum atomic E-state index is 12.1. The van der Waals surface area contributed by atoms with Crippen LogP contribution in [-0.4, -0.2) is 36.2 Å². The van der Waals surface area contributed by atoms with Crippen LogP contribution in [0.15, 0.2) is 29.2 Å². The van der Waals surface area contributed by atoms with Crippen LogP contribution < -0.4 is 5.32 Å². The fourth-order valence-electron chi connectivity index (χ4n) is 2.56. The van der Waals surface area contributed by atoms with Crippen molar-refractivity contribution in [3.05, 3.63) is 29.8 Å². The highest BCUT2D eigenvalue weighted by Crippen LogP contribution is 2.23. The minimum absolute atomic E-state index is 0.278. The van der Waals surface area contributed by atoms with Crippen molar-refractivity contribution in [2.24, 2.45) is 0 Å². The number of benzene rings is 1. The van der Waals surface area contributed by atoms with Crippen molar-refractivity contribution in [2.75, 3.05) is 25.4 Å². The lowest BCUT2D eigenvalue weighted by atomic mass is 10.1. The lowest BCUT2D eigenvalue weighted by molar-refractivity contribution is -0.127. The molecule has 1 N–H and O–H groups in total. The summed E-state index contributed by atoms with van der Waals surface area (Å²) in [7, 11) is 0. The minimum Gasteiger partial charge on any atom is -0.342 e. The molecular weight excluding hydrogens is 280 g/mol. The third kappa shape index (κ3) is 5.04. The monoisotopic (exact) mass is 306 g/mol. The van der Waals surface area contributed by atoms with Crippen molar-refractivity contribution in [3.8, 4) is 0 Å². The Morgan fingerprint density at radius 1 is 1.38 bits per heavy atom. The van der Waals surface area contributed by atoms with Crippen molar-refractivity contribution in [3.63, 3.8) is 0 Å². The summed E-state index contributed by atoms with van der Waals surface area (Å²) in [6.45, 7) is 7.28. The maximum Gasteiger partial charge on any atom is 0.232 e. The summed E-state index contributed by atoms with van der Waals surface area (Å²) >= 11 is 1.65. The van der Waals surface area contributed by atoms with Crippen molar-refractivity contribution in [1.82, 2.24) is 10.2 Å². The van der Waals surface area contributed by atoms with E-state index in [-0.39, 0.29) is 5.91 Å².